The molecule has 0 saturated heterocycles. The van der Waals surface area contributed by atoms with Crippen LogP contribution in [0.25, 0.3) is 6.08 Å². The first-order valence-electron chi connectivity index (χ1n) is 7.95. The second-order valence-electron chi connectivity index (χ2n) is 5.31. The van der Waals surface area contributed by atoms with E-state index in [0.29, 0.717) is 18.1 Å². The molecule has 0 amide bonds. The molecule has 4 nitrogen and oxygen atoms in total. The monoisotopic (exact) mass is 344 g/mol. The molecule has 0 radical (unpaired) electrons. The van der Waals surface area contributed by atoms with Crippen molar-refractivity contribution < 1.29 is 23.4 Å². The lowest BCUT2D eigenvalue weighted by atomic mass is 10.1. The minimum atomic E-state index is -0.568. The molecule has 0 spiro atoms. The third kappa shape index (κ3) is 4.83. The van der Waals surface area contributed by atoms with Crippen LogP contribution in [-0.2, 0) is 0 Å². The maximum absolute atomic E-state index is 13.7. The molecular formula is C20H21FO4. The van der Waals surface area contributed by atoms with E-state index in [1.165, 1.54) is 25.3 Å². The molecule has 0 aliphatic carbocycles. The van der Waals surface area contributed by atoms with Crippen LogP contribution in [-0.4, -0.2) is 26.6 Å². The van der Waals surface area contributed by atoms with E-state index in [9.17, 15) is 9.18 Å². The maximum Gasteiger partial charge on any atom is 0.185 e. The SMILES string of the molecule is CCCOc1cc(/C=C/C(=O)c2ccc(OC)c(F)c2)ccc1OC. The van der Waals surface area contributed by atoms with E-state index in [2.05, 4.69) is 0 Å². The number of methoxy groups -OCH3 is 2. The number of halogens is 1. The Bertz CT molecular complexity index is 768. The van der Waals surface area contributed by atoms with Crippen molar-refractivity contribution in [3.8, 4) is 17.2 Å². The molecule has 0 heterocycles. The molecule has 0 atom stereocenters. The molecule has 0 saturated carbocycles. The van der Waals surface area contributed by atoms with Gasteiger partial charge < -0.3 is 14.2 Å². The normalized spacial score (nSPS) is 10.7. The number of rotatable bonds is 8. The molecule has 0 N–H and O–H groups in total. The fraction of sp³-hybridized carbons (Fsp3) is 0.250. The quantitative estimate of drug-likeness (QED) is 0.521. The first-order chi connectivity index (χ1) is 12.1. The van der Waals surface area contributed by atoms with E-state index in [0.717, 1.165) is 18.1 Å². The Kier molecular flexibility index (Phi) is 6.57. The van der Waals surface area contributed by atoms with Gasteiger partial charge in [0.05, 0.1) is 20.8 Å². The van der Waals surface area contributed by atoms with Gasteiger partial charge in [0.1, 0.15) is 0 Å². The number of ether oxygens (including phenoxy) is 3. The van der Waals surface area contributed by atoms with Crippen molar-refractivity contribution in [2.75, 3.05) is 20.8 Å². The maximum atomic E-state index is 13.7. The van der Waals surface area contributed by atoms with Crippen molar-refractivity contribution in [3.05, 3.63) is 59.4 Å². The summed E-state index contributed by atoms with van der Waals surface area (Å²) in [7, 11) is 2.95. The number of hydrogen-bond donors (Lipinski definition) is 0. The Labute approximate surface area is 146 Å². The molecule has 2 rings (SSSR count). The average Bonchev–Trinajstić information content (AvgIpc) is 2.64. The van der Waals surface area contributed by atoms with Crippen LogP contribution < -0.4 is 14.2 Å². The first kappa shape index (κ1) is 18.5. The molecular weight excluding hydrogens is 323 g/mol. The summed E-state index contributed by atoms with van der Waals surface area (Å²) in [5.74, 6) is 0.492. The second-order valence-corrected chi connectivity index (χ2v) is 5.31. The van der Waals surface area contributed by atoms with Gasteiger partial charge in [0.15, 0.2) is 28.8 Å². The van der Waals surface area contributed by atoms with Crippen LogP contribution in [0, 0.1) is 5.82 Å². The lowest BCUT2D eigenvalue weighted by molar-refractivity contribution is 0.104. The lowest BCUT2D eigenvalue weighted by Crippen LogP contribution is -1.98. The van der Waals surface area contributed by atoms with Crippen LogP contribution in [0.15, 0.2) is 42.5 Å². The van der Waals surface area contributed by atoms with Crippen LogP contribution in [0.4, 0.5) is 4.39 Å². The number of carbonyl (C=O) groups is 1. The van der Waals surface area contributed by atoms with Crippen molar-refractivity contribution in [3.63, 3.8) is 0 Å². The highest BCUT2D eigenvalue weighted by atomic mass is 19.1. The van der Waals surface area contributed by atoms with Crippen molar-refractivity contribution in [2.45, 2.75) is 13.3 Å². The number of benzene rings is 2. The summed E-state index contributed by atoms with van der Waals surface area (Å²) in [4.78, 5) is 12.2. The molecule has 0 fully saturated rings. The van der Waals surface area contributed by atoms with Crippen molar-refractivity contribution in [2.24, 2.45) is 0 Å². The van der Waals surface area contributed by atoms with Gasteiger partial charge in [-0.3, -0.25) is 4.79 Å². The molecule has 132 valence electrons. The first-order valence-corrected chi connectivity index (χ1v) is 7.95. The number of hydrogen-bond acceptors (Lipinski definition) is 4. The molecule has 0 bridgehead atoms. The summed E-state index contributed by atoms with van der Waals surface area (Å²) in [6, 6.07) is 9.51. The van der Waals surface area contributed by atoms with Crippen molar-refractivity contribution in [1.29, 1.82) is 0 Å². The summed E-state index contributed by atoms with van der Waals surface area (Å²) >= 11 is 0. The minimum absolute atomic E-state index is 0.105. The topological polar surface area (TPSA) is 44.8 Å². The van der Waals surface area contributed by atoms with E-state index in [4.69, 9.17) is 14.2 Å². The van der Waals surface area contributed by atoms with Crippen LogP contribution in [0.3, 0.4) is 0 Å². The Morgan fingerprint density at radius 1 is 1.04 bits per heavy atom. The Morgan fingerprint density at radius 2 is 1.76 bits per heavy atom. The van der Waals surface area contributed by atoms with Gasteiger partial charge in [-0.15, -0.1) is 0 Å². The molecule has 0 unspecified atom stereocenters. The predicted octanol–water partition coefficient (Wildman–Crippen LogP) is 4.53. The molecule has 2 aromatic carbocycles. The van der Waals surface area contributed by atoms with Gasteiger partial charge in [-0.2, -0.15) is 0 Å². The van der Waals surface area contributed by atoms with Gasteiger partial charge in [-0.05, 0) is 48.4 Å². The zero-order valence-electron chi connectivity index (χ0n) is 14.5. The van der Waals surface area contributed by atoms with Crippen LogP contribution in [0.5, 0.6) is 17.2 Å². The van der Waals surface area contributed by atoms with Gasteiger partial charge in [0, 0.05) is 5.56 Å². The van der Waals surface area contributed by atoms with Gasteiger partial charge in [-0.25, -0.2) is 4.39 Å². The summed E-state index contributed by atoms with van der Waals surface area (Å²) in [5.41, 5.74) is 1.04. The smallest absolute Gasteiger partial charge is 0.185 e. The molecule has 0 aromatic heterocycles. The predicted molar refractivity (Wildman–Crippen MR) is 95.1 cm³/mol. The lowest BCUT2D eigenvalue weighted by Gasteiger charge is -2.10. The average molecular weight is 344 g/mol. The van der Waals surface area contributed by atoms with Crippen LogP contribution in [0.1, 0.15) is 29.3 Å². The highest BCUT2D eigenvalue weighted by Gasteiger charge is 2.08. The third-order valence-electron chi connectivity index (χ3n) is 3.51. The van der Waals surface area contributed by atoms with Gasteiger partial charge in [0.25, 0.3) is 0 Å². The van der Waals surface area contributed by atoms with E-state index in [1.54, 1.807) is 25.3 Å². The molecule has 2 aromatic rings. The molecule has 0 aliphatic heterocycles. The van der Waals surface area contributed by atoms with Gasteiger partial charge in [-0.1, -0.05) is 19.1 Å². The highest BCUT2D eigenvalue weighted by Crippen LogP contribution is 2.28. The summed E-state index contributed by atoms with van der Waals surface area (Å²) in [5, 5.41) is 0. The Balaban J connectivity index is 2.17. The van der Waals surface area contributed by atoms with Gasteiger partial charge >= 0.3 is 0 Å². The van der Waals surface area contributed by atoms with Crippen LogP contribution in [0.2, 0.25) is 0 Å². The Morgan fingerprint density at radius 3 is 2.40 bits per heavy atom. The van der Waals surface area contributed by atoms with E-state index >= 15 is 0 Å². The number of carbonyl (C=O) groups excluding carboxylic acids is 1. The van der Waals surface area contributed by atoms with Crippen molar-refractivity contribution >= 4 is 11.9 Å². The summed E-state index contributed by atoms with van der Waals surface area (Å²) in [6.45, 7) is 2.59. The Hall–Kier alpha value is -2.82. The van der Waals surface area contributed by atoms with E-state index in [-0.39, 0.29) is 17.1 Å². The summed E-state index contributed by atoms with van der Waals surface area (Å²) in [6.07, 6.45) is 3.93. The fourth-order valence-electron chi connectivity index (χ4n) is 2.21. The van der Waals surface area contributed by atoms with E-state index < -0.39 is 5.82 Å². The van der Waals surface area contributed by atoms with Gasteiger partial charge in [0.2, 0.25) is 0 Å². The number of ketones is 1. The third-order valence-corrected chi connectivity index (χ3v) is 3.51. The molecule has 5 heteroatoms. The fourth-order valence-corrected chi connectivity index (χ4v) is 2.21. The van der Waals surface area contributed by atoms with E-state index in [1.807, 2.05) is 13.0 Å². The molecule has 25 heavy (non-hydrogen) atoms. The largest absolute Gasteiger partial charge is 0.494 e. The highest BCUT2D eigenvalue weighted by molar-refractivity contribution is 6.06. The van der Waals surface area contributed by atoms with Crippen LogP contribution >= 0.6 is 0 Å². The standard InChI is InChI=1S/C20H21FO4/c1-4-11-25-20-12-14(6-9-19(20)24-3)5-8-17(22)15-7-10-18(23-2)16(21)13-15/h5-10,12-13H,4,11H2,1-3H3/b8-5+. The van der Waals surface area contributed by atoms with Crippen molar-refractivity contribution in [1.82, 2.24) is 0 Å². The zero-order valence-corrected chi connectivity index (χ0v) is 14.5. The zero-order chi connectivity index (χ0) is 18.2. The molecule has 0 aliphatic rings. The number of allylic oxidation sites excluding steroid dienone is 1. The summed E-state index contributed by atoms with van der Waals surface area (Å²) < 4.78 is 29.4. The minimum Gasteiger partial charge on any atom is -0.494 e. The second kappa shape index (κ2) is 8.87.